The minimum atomic E-state index is -0.0188. The molecule has 0 atom stereocenters. The molecule has 49 heavy (non-hydrogen) atoms. The highest BCUT2D eigenvalue weighted by molar-refractivity contribution is 6.98. The molecule has 3 heterocycles. The molecular weight excluding hydrogens is 601 g/mol. The smallest absolute Gasteiger partial charge is 0.260 e. The van der Waals surface area contributed by atoms with Gasteiger partial charge in [0, 0.05) is 33.2 Å². The molecule has 0 saturated carbocycles. The number of ether oxygens (including phenoxy) is 3. The number of nitrogens with zero attached hydrogens (tertiary/aromatic N) is 1. The molecule has 8 aromatic rings. The van der Waals surface area contributed by atoms with Crippen LogP contribution in [0.1, 0.15) is 0 Å². The molecule has 0 aliphatic carbocycles. The Morgan fingerprint density at radius 3 is 2.02 bits per heavy atom. The van der Waals surface area contributed by atoms with Crippen molar-refractivity contribution >= 4 is 61.7 Å². The lowest BCUT2D eigenvalue weighted by Crippen LogP contribution is -2.57. The zero-order chi connectivity index (χ0) is 32.1. The van der Waals surface area contributed by atoms with Crippen LogP contribution in [0.5, 0.6) is 34.5 Å². The van der Waals surface area contributed by atoms with Gasteiger partial charge in [0.25, 0.3) is 6.71 Å². The minimum Gasteiger partial charge on any atom is -0.458 e. The van der Waals surface area contributed by atoms with Crippen LogP contribution in [0.3, 0.4) is 0 Å². The molecule has 11 rings (SSSR count). The van der Waals surface area contributed by atoms with Crippen molar-refractivity contribution in [2.75, 3.05) is 4.90 Å². The van der Waals surface area contributed by atoms with Gasteiger partial charge in [-0.3, -0.25) is 0 Å². The summed E-state index contributed by atoms with van der Waals surface area (Å²) in [5.74, 6) is 5.06. The number of para-hydroxylation sites is 2. The molecule has 4 nitrogen and oxygen atoms in total. The lowest BCUT2D eigenvalue weighted by atomic mass is 9.35. The quantitative estimate of drug-likeness (QED) is 0.183. The highest BCUT2D eigenvalue weighted by Crippen LogP contribution is 2.51. The number of anilines is 3. The van der Waals surface area contributed by atoms with E-state index in [2.05, 4.69) is 132 Å². The van der Waals surface area contributed by atoms with E-state index < -0.39 is 0 Å². The summed E-state index contributed by atoms with van der Waals surface area (Å²) in [6.07, 6.45) is 0. The van der Waals surface area contributed by atoms with Gasteiger partial charge in [0.1, 0.15) is 34.5 Å². The summed E-state index contributed by atoms with van der Waals surface area (Å²) in [6, 6.07) is 55.3. The van der Waals surface area contributed by atoms with Crippen LogP contribution in [0.2, 0.25) is 0 Å². The third-order valence-corrected chi connectivity index (χ3v) is 10.1. The van der Waals surface area contributed by atoms with E-state index in [1.54, 1.807) is 0 Å². The molecule has 0 bridgehead atoms. The zero-order valence-electron chi connectivity index (χ0n) is 26.3. The summed E-state index contributed by atoms with van der Waals surface area (Å²) < 4.78 is 19.8. The van der Waals surface area contributed by atoms with E-state index in [1.807, 2.05) is 30.3 Å². The van der Waals surface area contributed by atoms with Crippen molar-refractivity contribution in [3.63, 3.8) is 0 Å². The summed E-state index contributed by atoms with van der Waals surface area (Å²) in [7, 11) is 0. The maximum atomic E-state index is 6.83. The molecule has 0 aromatic heterocycles. The number of rotatable bonds is 3. The molecule has 0 spiro atoms. The number of hydrogen-bond donors (Lipinski definition) is 0. The van der Waals surface area contributed by atoms with Gasteiger partial charge in [-0.25, -0.2) is 0 Å². The second-order valence-corrected chi connectivity index (χ2v) is 12.8. The number of benzene rings is 8. The van der Waals surface area contributed by atoms with E-state index in [-0.39, 0.29) is 6.71 Å². The van der Waals surface area contributed by atoms with Crippen LogP contribution in [0.4, 0.5) is 17.1 Å². The Kier molecular flexibility index (Phi) is 5.44. The van der Waals surface area contributed by atoms with E-state index in [4.69, 9.17) is 14.2 Å². The molecule has 0 fully saturated rings. The van der Waals surface area contributed by atoms with Crippen molar-refractivity contribution in [2.45, 2.75) is 0 Å². The molecule has 0 unspecified atom stereocenters. The largest absolute Gasteiger partial charge is 0.458 e. The van der Waals surface area contributed by atoms with Crippen molar-refractivity contribution in [1.29, 1.82) is 0 Å². The minimum absolute atomic E-state index is 0.0188. The molecular formula is C44H26BNO3. The number of hydrogen-bond acceptors (Lipinski definition) is 4. The maximum absolute atomic E-state index is 6.83. The van der Waals surface area contributed by atoms with E-state index in [0.717, 1.165) is 89.8 Å². The molecule has 228 valence electrons. The third-order valence-electron chi connectivity index (χ3n) is 10.1. The fourth-order valence-electron chi connectivity index (χ4n) is 8.00. The first kappa shape index (κ1) is 26.6. The van der Waals surface area contributed by atoms with Crippen molar-refractivity contribution in [1.82, 2.24) is 0 Å². The predicted molar refractivity (Wildman–Crippen MR) is 199 cm³/mol. The molecule has 3 aliphatic rings. The Bertz CT molecular complexity index is 2670. The fourth-order valence-corrected chi connectivity index (χ4v) is 8.00. The number of fused-ring (bicyclic) bond motifs is 7. The zero-order valence-corrected chi connectivity index (χ0v) is 26.3. The van der Waals surface area contributed by atoms with Crippen molar-refractivity contribution in [3.8, 4) is 45.6 Å². The third kappa shape index (κ3) is 3.87. The molecule has 0 N–H and O–H groups in total. The van der Waals surface area contributed by atoms with Gasteiger partial charge in [0.05, 0.1) is 5.69 Å². The summed E-state index contributed by atoms with van der Waals surface area (Å²) in [6.45, 7) is -0.0188. The summed E-state index contributed by atoms with van der Waals surface area (Å²) in [5, 5.41) is 4.62. The maximum Gasteiger partial charge on any atom is 0.260 e. The van der Waals surface area contributed by atoms with Gasteiger partial charge < -0.3 is 19.1 Å². The first-order valence-corrected chi connectivity index (χ1v) is 16.6. The SMILES string of the molecule is c1ccc(N(c2ccc3ccccc3c2)c2ccc3c4c(cccc24)Oc2cc4c(cc2-3)Oc2cccc3c2B4c2ccccc2O3)cc1. The summed E-state index contributed by atoms with van der Waals surface area (Å²) >= 11 is 0. The Morgan fingerprint density at radius 1 is 0.408 bits per heavy atom. The van der Waals surface area contributed by atoms with E-state index >= 15 is 0 Å². The Balaban J connectivity index is 1.11. The lowest BCUT2D eigenvalue weighted by molar-refractivity contribution is 0.461. The lowest BCUT2D eigenvalue weighted by Gasteiger charge is -2.34. The van der Waals surface area contributed by atoms with Crippen LogP contribution in [0.15, 0.2) is 158 Å². The molecule has 3 aliphatic heterocycles. The Hall–Kier alpha value is -6.46. The average Bonchev–Trinajstić information content (AvgIpc) is 3.15. The molecule has 0 saturated heterocycles. The van der Waals surface area contributed by atoms with Crippen LogP contribution in [-0.4, -0.2) is 6.71 Å². The Morgan fingerprint density at radius 2 is 1.12 bits per heavy atom. The first-order chi connectivity index (χ1) is 24.3. The molecule has 0 radical (unpaired) electrons. The first-order valence-electron chi connectivity index (χ1n) is 16.6. The van der Waals surface area contributed by atoms with E-state index in [0.29, 0.717) is 0 Å². The predicted octanol–water partition coefficient (Wildman–Crippen LogP) is 9.96. The molecule has 5 heteroatoms. The van der Waals surface area contributed by atoms with Crippen molar-refractivity contribution in [3.05, 3.63) is 158 Å². The second-order valence-electron chi connectivity index (χ2n) is 12.8. The van der Waals surface area contributed by atoms with E-state index in [9.17, 15) is 0 Å². The topological polar surface area (TPSA) is 30.9 Å². The van der Waals surface area contributed by atoms with Gasteiger partial charge in [0.15, 0.2) is 0 Å². The van der Waals surface area contributed by atoms with Gasteiger partial charge in [-0.2, -0.15) is 0 Å². The van der Waals surface area contributed by atoms with Crippen LogP contribution >= 0.6 is 0 Å². The van der Waals surface area contributed by atoms with Crippen LogP contribution in [0, 0.1) is 0 Å². The summed E-state index contributed by atoms with van der Waals surface area (Å²) in [4.78, 5) is 2.35. The second kappa shape index (κ2) is 10.0. The van der Waals surface area contributed by atoms with Gasteiger partial charge in [-0.1, -0.05) is 91.0 Å². The molecule has 0 amide bonds. The van der Waals surface area contributed by atoms with Crippen molar-refractivity contribution < 1.29 is 14.2 Å². The van der Waals surface area contributed by atoms with Gasteiger partial charge >= 0.3 is 0 Å². The highest BCUT2D eigenvalue weighted by atomic mass is 16.5. The van der Waals surface area contributed by atoms with Gasteiger partial charge in [-0.05, 0) is 94.0 Å². The van der Waals surface area contributed by atoms with Crippen LogP contribution < -0.4 is 35.5 Å². The Labute approximate surface area is 283 Å². The normalized spacial score (nSPS) is 12.9. The van der Waals surface area contributed by atoms with Crippen molar-refractivity contribution in [2.24, 2.45) is 0 Å². The van der Waals surface area contributed by atoms with Gasteiger partial charge in [0.2, 0.25) is 0 Å². The van der Waals surface area contributed by atoms with Gasteiger partial charge in [-0.15, -0.1) is 0 Å². The standard InChI is InChI=1S/C44H26BNO3/c1-2-12-29(13-3-1)46(30-21-20-27-10-4-5-11-28(27)24-30)36-23-22-31-33-25-42-35(26-41(33)48-38-17-8-14-32(36)43(31)38)45-34-15-6-7-16-37(34)47-39-18-9-19-40(49-42)44(39)45/h1-26H. The van der Waals surface area contributed by atoms with Crippen LogP contribution in [-0.2, 0) is 0 Å². The van der Waals surface area contributed by atoms with Crippen LogP contribution in [0.25, 0.3) is 32.7 Å². The summed E-state index contributed by atoms with van der Waals surface area (Å²) in [5.41, 5.74) is 8.69. The van der Waals surface area contributed by atoms with E-state index in [1.165, 1.54) is 10.8 Å². The average molecular weight is 628 g/mol. The monoisotopic (exact) mass is 627 g/mol. The molecule has 8 aromatic carbocycles. The fraction of sp³-hybridized carbons (Fsp3) is 0. The highest BCUT2D eigenvalue weighted by Gasteiger charge is 2.41.